The largest absolute Gasteiger partial charge is 0.480 e. The highest BCUT2D eigenvalue weighted by atomic mass is 16.4. The van der Waals surface area contributed by atoms with Gasteiger partial charge in [0, 0.05) is 44.4 Å². The lowest BCUT2D eigenvalue weighted by molar-refractivity contribution is -0.142. The Kier molecular flexibility index (Phi) is 18.0. The van der Waals surface area contributed by atoms with Gasteiger partial charge in [-0.05, 0) is 39.5 Å². The van der Waals surface area contributed by atoms with E-state index >= 15 is 0 Å². The van der Waals surface area contributed by atoms with Gasteiger partial charge in [-0.1, -0.05) is 0 Å². The smallest absolute Gasteiger partial charge is 0.326 e. The number of amides is 5. The van der Waals surface area contributed by atoms with Crippen LogP contribution in [0.3, 0.4) is 0 Å². The van der Waals surface area contributed by atoms with Crippen LogP contribution in [0.25, 0.3) is 0 Å². The third-order valence-corrected chi connectivity index (χ3v) is 6.64. The normalized spacial score (nSPS) is 13.7. The molecule has 5 atom stereocenters. The molecule has 0 saturated heterocycles. The summed E-state index contributed by atoms with van der Waals surface area (Å²) in [4.78, 5) is 90.4. The summed E-state index contributed by atoms with van der Waals surface area (Å²) in [5.41, 5.74) is 27.2. The second kappa shape index (κ2) is 21.3. The summed E-state index contributed by atoms with van der Waals surface area (Å²) < 4.78 is 0. The van der Waals surface area contributed by atoms with Gasteiger partial charge < -0.3 is 65.3 Å². The number of nitrogens with one attached hydrogen (secondary N) is 6. The molecule has 1 aromatic rings. The first-order chi connectivity index (χ1) is 22.6. The van der Waals surface area contributed by atoms with Gasteiger partial charge in [0.2, 0.25) is 29.5 Å². The highest BCUT2D eigenvalue weighted by Crippen LogP contribution is 2.05. The van der Waals surface area contributed by atoms with Crippen molar-refractivity contribution in [2.45, 2.75) is 82.6 Å². The molecule has 0 aliphatic rings. The number of guanidine groups is 2. The molecule has 0 saturated carbocycles. The molecule has 21 nitrogen and oxygen atoms in total. The lowest BCUT2D eigenvalue weighted by atomic mass is 10.1. The number of aliphatic imine (C=N–C) groups is 2. The third kappa shape index (κ3) is 16.2. The molecule has 0 aliphatic carbocycles. The van der Waals surface area contributed by atoms with Crippen molar-refractivity contribution in [3.8, 4) is 0 Å². The Bertz CT molecular complexity index is 1280. The molecular formula is C27H48N14O7. The molecule has 0 aromatic carbocycles. The van der Waals surface area contributed by atoms with E-state index in [1.54, 1.807) is 0 Å². The van der Waals surface area contributed by atoms with Crippen molar-refractivity contribution in [2.75, 3.05) is 19.6 Å². The Morgan fingerprint density at radius 2 is 1.27 bits per heavy atom. The highest BCUT2D eigenvalue weighted by molar-refractivity contribution is 5.95. The standard InChI is InChI=1S/C27H48N14O7/c1-14(21(43)37-15(2)22(44)41-18(25(47)48)6-4-10-35-27(31)32)38-23(45)17(5-3-9-34-26(29)30)40-24(46)19(39-20(42)7-8-28)11-16-12-33-13-36-16/h12-15,17-19H,3-11,28H2,1-2H3,(H,33,36)(H,37,43)(H,38,45)(H,39,42)(H,40,46)(H,41,44)(H,47,48)(H4,29,30,34)(H4,31,32,35)/t14-,15-,17-,18-,19-/m0/s1. The molecule has 0 unspecified atom stereocenters. The van der Waals surface area contributed by atoms with Crippen LogP contribution in [0.15, 0.2) is 22.5 Å². The minimum atomic E-state index is -1.29. The average Bonchev–Trinajstić information content (AvgIpc) is 3.52. The predicted octanol–water partition coefficient (Wildman–Crippen LogP) is -5.04. The number of carboxylic acid groups (broad SMARTS) is 1. The predicted molar refractivity (Wildman–Crippen MR) is 174 cm³/mol. The Morgan fingerprint density at radius 1 is 0.771 bits per heavy atom. The van der Waals surface area contributed by atoms with Gasteiger partial charge >= 0.3 is 5.97 Å². The minimum Gasteiger partial charge on any atom is -0.480 e. The molecule has 21 heteroatoms. The number of aromatic nitrogens is 2. The molecule has 0 radical (unpaired) electrons. The maximum atomic E-state index is 13.3. The van der Waals surface area contributed by atoms with Gasteiger partial charge in [-0.25, -0.2) is 9.78 Å². The first kappa shape index (κ1) is 40.6. The summed E-state index contributed by atoms with van der Waals surface area (Å²) in [6.45, 7) is 3.05. The minimum absolute atomic E-state index is 0.0285. The number of carbonyl (C=O) groups is 6. The molecule has 0 fully saturated rings. The summed E-state index contributed by atoms with van der Waals surface area (Å²) in [5.74, 6) is -5.04. The van der Waals surface area contributed by atoms with Crippen LogP contribution in [0, 0.1) is 0 Å². The Balaban J connectivity index is 2.94. The molecule has 0 aliphatic heterocycles. The van der Waals surface area contributed by atoms with Crippen molar-refractivity contribution < 1.29 is 33.9 Å². The zero-order chi connectivity index (χ0) is 36.2. The number of hydrogen-bond acceptors (Lipinski definition) is 10. The quantitative estimate of drug-likeness (QED) is 0.0310. The second-order valence-electron chi connectivity index (χ2n) is 10.8. The molecular weight excluding hydrogens is 632 g/mol. The van der Waals surface area contributed by atoms with Crippen molar-refractivity contribution in [2.24, 2.45) is 38.7 Å². The maximum Gasteiger partial charge on any atom is 0.326 e. The van der Waals surface area contributed by atoms with Gasteiger partial charge in [-0.2, -0.15) is 0 Å². The third-order valence-electron chi connectivity index (χ3n) is 6.64. The van der Waals surface area contributed by atoms with Crippen LogP contribution in [0.1, 0.15) is 51.6 Å². The van der Waals surface area contributed by atoms with Gasteiger partial charge in [0.15, 0.2) is 11.9 Å². The van der Waals surface area contributed by atoms with Crippen molar-refractivity contribution in [1.29, 1.82) is 0 Å². The number of H-pyrrole nitrogens is 1. The SMILES string of the molecule is C[C@H](NC(=O)[C@H](C)NC(=O)[C@H](CCCN=C(N)N)NC(=O)[C@H](Cc1cnc[nH]1)NC(=O)CCN)C(=O)N[C@@H](CCCN=C(N)N)C(=O)O. The van der Waals surface area contributed by atoms with E-state index in [4.69, 9.17) is 28.7 Å². The van der Waals surface area contributed by atoms with Gasteiger partial charge in [0.25, 0.3) is 0 Å². The zero-order valence-electron chi connectivity index (χ0n) is 27.0. The number of imidazole rings is 1. The van der Waals surface area contributed by atoms with Crippen LogP contribution in [-0.2, 0) is 35.2 Å². The summed E-state index contributed by atoms with van der Waals surface area (Å²) in [6, 6.07) is -5.91. The molecule has 0 spiro atoms. The first-order valence-corrected chi connectivity index (χ1v) is 15.2. The monoisotopic (exact) mass is 680 g/mol. The van der Waals surface area contributed by atoms with Gasteiger partial charge in [-0.15, -0.1) is 0 Å². The van der Waals surface area contributed by atoms with Crippen molar-refractivity contribution in [1.82, 2.24) is 36.6 Å². The number of nitrogens with two attached hydrogens (primary N) is 5. The molecule has 1 rings (SSSR count). The first-order valence-electron chi connectivity index (χ1n) is 15.2. The van der Waals surface area contributed by atoms with E-state index in [2.05, 4.69) is 46.5 Å². The van der Waals surface area contributed by atoms with Crippen LogP contribution < -0.4 is 55.3 Å². The van der Waals surface area contributed by atoms with E-state index in [0.29, 0.717) is 5.69 Å². The van der Waals surface area contributed by atoms with Crippen molar-refractivity contribution in [3.63, 3.8) is 0 Å². The van der Waals surface area contributed by atoms with E-state index in [0.717, 1.165) is 0 Å². The van der Waals surface area contributed by atoms with E-state index in [1.165, 1.54) is 26.4 Å². The Hall–Kier alpha value is -5.47. The number of aromatic amines is 1. The molecule has 0 bridgehead atoms. The second-order valence-corrected chi connectivity index (χ2v) is 10.8. The van der Waals surface area contributed by atoms with Crippen LogP contribution >= 0.6 is 0 Å². The fourth-order valence-electron chi connectivity index (χ4n) is 4.11. The van der Waals surface area contributed by atoms with Gasteiger partial charge in [0.05, 0.1) is 6.33 Å². The molecule has 268 valence electrons. The molecule has 1 heterocycles. The summed E-state index contributed by atoms with van der Waals surface area (Å²) >= 11 is 0. The molecule has 5 amide bonds. The lowest BCUT2D eigenvalue weighted by Crippen LogP contribution is -2.58. The topological polar surface area (TPSA) is 366 Å². The Morgan fingerprint density at radius 3 is 1.77 bits per heavy atom. The molecule has 17 N–H and O–H groups in total. The van der Waals surface area contributed by atoms with Crippen LogP contribution in [0.2, 0.25) is 0 Å². The summed E-state index contributed by atoms with van der Waals surface area (Å²) in [6.07, 6.45) is 3.49. The average molecular weight is 681 g/mol. The number of carboxylic acids is 1. The van der Waals surface area contributed by atoms with Gasteiger partial charge in [-0.3, -0.25) is 34.0 Å². The van der Waals surface area contributed by atoms with Crippen LogP contribution in [0.5, 0.6) is 0 Å². The van der Waals surface area contributed by atoms with E-state index < -0.39 is 65.7 Å². The fourth-order valence-corrected chi connectivity index (χ4v) is 4.11. The van der Waals surface area contributed by atoms with E-state index in [9.17, 15) is 33.9 Å². The summed E-state index contributed by atoms with van der Waals surface area (Å²) in [5, 5.41) is 21.9. The number of carbonyl (C=O) groups excluding carboxylic acids is 5. The number of rotatable bonds is 22. The van der Waals surface area contributed by atoms with Crippen LogP contribution in [-0.4, -0.2) is 112 Å². The van der Waals surface area contributed by atoms with E-state index in [-0.39, 0.29) is 70.1 Å². The number of hydrogen-bond donors (Lipinski definition) is 12. The number of nitrogens with zero attached hydrogens (tertiary/aromatic N) is 3. The lowest BCUT2D eigenvalue weighted by Gasteiger charge is -2.25. The Labute approximate surface area is 277 Å². The van der Waals surface area contributed by atoms with Crippen molar-refractivity contribution in [3.05, 3.63) is 18.2 Å². The zero-order valence-corrected chi connectivity index (χ0v) is 27.0. The van der Waals surface area contributed by atoms with E-state index in [1.807, 2.05) is 0 Å². The highest BCUT2D eigenvalue weighted by Gasteiger charge is 2.30. The summed E-state index contributed by atoms with van der Waals surface area (Å²) in [7, 11) is 0. The molecule has 1 aromatic heterocycles. The van der Waals surface area contributed by atoms with Crippen LogP contribution in [0.4, 0.5) is 0 Å². The fraction of sp³-hybridized carbons (Fsp3) is 0.593. The molecule has 48 heavy (non-hydrogen) atoms. The number of aliphatic carboxylic acids is 1. The van der Waals surface area contributed by atoms with Gasteiger partial charge in [0.1, 0.15) is 30.2 Å². The maximum absolute atomic E-state index is 13.3. The van der Waals surface area contributed by atoms with Crippen molar-refractivity contribution >= 4 is 47.4 Å².